The fourth-order valence-electron chi connectivity index (χ4n) is 5.24. The molecule has 1 saturated carbocycles. The first kappa shape index (κ1) is 20.3. The third kappa shape index (κ3) is 3.78. The van der Waals surface area contributed by atoms with Crippen molar-refractivity contribution < 1.29 is 9.59 Å². The van der Waals surface area contributed by atoms with Crippen LogP contribution in [0.4, 0.5) is 16.2 Å². The summed E-state index contributed by atoms with van der Waals surface area (Å²) in [6.07, 6.45) is 5.61. The molecule has 2 aromatic rings. The van der Waals surface area contributed by atoms with Gasteiger partial charge in [0.15, 0.2) is 5.78 Å². The number of ketones is 1. The van der Waals surface area contributed by atoms with Crippen LogP contribution in [0.5, 0.6) is 0 Å². The number of carbonyl (C=O) groups excluding carboxylic acids is 2. The number of benzene rings is 1. The maximum absolute atomic E-state index is 13.7. The van der Waals surface area contributed by atoms with Gasteiger partial charge in [0.25, 0.3) is 0 Å². The van der Waals surface area contributed by atoms with Crippen molar-refractivity contribution in [3.63, 3.8) is 0 Å². The molecule has 5 rings (SSSR count). The molecule has 162 valence electrons. The first-order chi connectivity index (χ1) is 14.9. The first-order valence-corrected chi connectivity index (χ1v) is 12.1. The van der Waals surface area contributed by atoms with Crippen LogP contribution in [0.25, 0.3) is 0 Å². The molecular formula is C25H29N3O2S. The maximum Gasteiger partial charge on any atom is 0.323 e. The zero-order valence-electron chi connectivity index (χ0n) is 18.1. The predicted octanol–water partition coefficient (Wildman–Crippen LogP) is 6.02. The van der Waals surface area contributed by atoms with Crippen molar-refractivity contribution in [3.05, 3.63) is 57.9 Å². The Balaban J connectivity index is 1.67. The largest absolute Gasteiger partial charge is 0.357 e. The number of urea groups is 1. The highest BCUT2D eigenvalue weighted by molar-refractivity contribution is 7.10. The molecule has 1 aromatic heterocycles. The van der Waals surface area contributed by atoms with Crippen LogP contribution in [0.2, 0.25) is 0 Å². The molecule has 1 aromatic carbocycles. The Kier molecular flexibility index (Phi) is 5.13. The van der Waals surface area contributed by atoms with E-state index in [9.17, 15) is 9.59 Å². The lowest BCUT2D eigenvalue weighted by atomic mass is 9.74. The third-order valence-corrected chi connectivity index (χ3v) is 7.54. The number of rotatable bonds is 2. The van der Waals surface area contributed by atoms with Gasteiger partial charge in [0.1, 0.15) is 6.04 Å². The van der Waals surface area contributed by atoms with Crippen LogP contribution in [0, 0.1) is 5.41 Å². The monoisotopic (exact) mass is 435 g/mol. The van der Waals surface area contributed by atoms with Crippen molar-refractivity contribution in [2.75, 3.05) is 10.2 Å². The molecule has 2 heterocycles. The van der Waals surface area contributed by atoms with E-state index < -0.39 is 6.04 Å². The van der Waals surface area contributed by atoms with Crippen molar-refractivity contribution >= 4 is 34.5 Å². The number of Topliss-reactive ketones (excluding diaryl/α,β-unsaturated/α-hetero) is 1. The van der Waals surface area contributed by atoms with Gasteiger partial charge in [0.05, 0.1) is 11.4 Å². The lowest BCUT2D eigenvalue weighted by molar-refractivity contribution is -0.118. The summed E-state index contributed by atoms with van der Waals surface area (Å²) in [5.41, 5.74) is 3.26. The highest BCUT2D eigenvalue weighted by atomic mass is 32.1. The average molecular weight is 436 g/mol. The summed E-state index contributed by atoms with van der Waals surface area (Å²) in [6.45, 7) is 4.27. The molecule has 1 fully saturated rings. The normalized spacial score (nSPS) is 23.1. The van der Waals surface area contributed by atoms with Crippen LogP contribution < -0.4 is 15.5 Å². The number of amides is 2. The Morgan fingerprint density at radius 2 is 1.90 bits per heavy atom. The fourth-order valence-corrected chi connectivity index (χ4v) is 6.06. The summed E-state index contributed by atoms with van der Waals surface area (Å²) >= 11 is 1.60. The van der Waals surface area contributed by atoms with E-state index in [-0.39, 0.29) is 23.3 Å². The molecule has 1 atom stereocenters. The van der Waals surface area contributed by atoms with Crippen molar-refractivity contribution in [2.45, 2.75) is 64.5 Å². The van der Waals surface area contributed by atoms with Gasteiger partial charge in [-0.15, -0.1) is 11.3 Å². The number of allylic oxidation sites excluding steroid dienone is 1. The van der Waals surface area contributed by atoms with E-state index in [0.717, 1.165) is 59.6 Å². The van der Waals surface area contributed by atoms with E-state index in [0.29, 0.717) is 6.42 Å². The smallest absolute Gasteiger partial charge is 0.323 e. The highest BCUT2D eigenvalue weighted by Gasteiger charge is 2.43. The van der Waals surface area contributed by atoms with Gasteiger partial charge in [0, 0.05) is 28.6 Å². The average Bonchev–Trinajstić information content (AvgIpc) is 3.39. The Labute approximate surface area is 187 Å². The highest BCUT2D eigenvalue weighted by Crippen LogP contribution is 2.49. The minimum Gasteiger partial charge on any atom is -0.357 e. The molecule has 0 spiro atoms. The van der Waals surface area contributed by atoms with Gasteiger partial charge in [-0.2, -0.15) is 0 Å². The Morgan fingerprint density at radius 1 is 1.13 bits per heavy atom. The van der Waals surface area contributed by atoms with E-state index >= 15 is 0 Å². The van der Waals surface area contributed by atoms with Crippen molar-refractivity contribution in [3.8, 4) is 0 Å². The summed E-state index contributed by atoms with van der Waals surface area (Å²) in [5, 5.41) is 8.84. The predicted molar refractivity (Wildman–Crippen MR) is 125 cm³/mol. The number of para-hydroxylation sites is 2. The van der Waals surface area contributed by atoms with Crippen molar-refractivity contribution in [2.24, 2.45) is 5.41 Å². The number of anilines is 2. The molecule has 6 heteroatoms. The second-order valence-corrected chi connectivity index (χ2v) is 10.7. The molecule has 1 aliphatic heterocycles. The Bertz CT molecular complexity index is 1030. The number of nitrogens with one attached hydrogen (secondary N) is 2. The summed E-state index contributed by atoms with van der Waals surface area (Å²) in [5.74, 6) is 0.128. The first-order valence-electron chi connectivity index (χ1n) is 11.2. The summed E-state index contributed by atoms with van der Waals surface area (Å²) < 4.78 is 0. The zero-order valence-corrected chi connectivity index (χ0v) is 18.9. The molecule has 2 amide bonds. The molecule has 0 bridgehead atoms. The Morgan fingerprint density at radius 3 is 2.65 bits per heavy atom. The number of carbonyl (C=O) groups is 2. The molecular weight excluding hydrogens is 406 g/mol. The van der Waals surface area contributed by atoms with Gasteiger partial charge in [-0.1, -0.05) is 44.9 Å². The Hall–Kier alpha value is -2.60. The molecule has 0 radical (unpaired) electrons. The fraction of sp³-hybridized carbons (Fsp3) is 0.440. The molecule has 3 aliphatic rings. The standard InChI is InChI=1S/C25H29N3O2S/c1-25(2)14-18-22(20(29)15-25)23(21-12-7-13-31-21)28(19-11-6-5-10-17(19)27-18)24(30)26-16-8-3-4-9-16/h5-7,10-13,16,23,27H,3-4,8-9,14-15H2,1-2H3,(H,26,30). The number of hydrogen-bond acceptors (Lipinski definition) is 4. The van der Waals surface area contributed by atoms with Crippen molar-refractivity contribution in [1.29, 1.82) is 0 Å². The molecule has 0 saturated heterocycles. The number of nitrogens with zero attached hydrogens (tertiary/aromatic N) is 1. The van der Waals surface area contributed by atoms with Crippen LogP contribution in [0.15, 0.2) is 53.0 Å². The van der Waals surface area contributed by atoms with Crippen LogP contribution in [-0.4, -0.2) is 17.9 Å². The van der Waals surface area contributed by atoms with Gasteiger partial charge in [-0.3, -0.25) is 9.69 Å². The lowest BCUT2D eigenvalue weighted by Crippen LogP contribution is -2.47. The number of fused-ring (bicyclic) bond motifs is 1. The van der Waals surface area contributed by atoms with Gasteiger partial charge in [-0.05, 0) is 48.3 Å². The molecule has 31 heavy (non-hydrogen) atoms. The summed E-state index contributed by atoms with van der Waals surface area (Å²) in [6, 6.07) is 11.6. The molecule has 2 N–H and O–H groups in total. The summed E-state index contributed by atoms with van der Waals surface area (Å²) in [7, 11) is 0. The van der Waals surface area contributed by atoms with E-state index in [1.165, 1.54) is 0 Å². The second kappa shape index (κ2) is 7.83. The van der Waals surface area contributed by atoms with E-state index in [2.05, 4.69) is 24.5 Å². The SMILES string of the molecule is CC1(C)CC(=O)C2=C(C1)Nc1ccccc1N(C(=O)NC1CCCC1)C2c1cccs1. The zero-order chi connectivity index (χ0) is 21.6. The number of thiophene rings is 1. The minimum atomic E-state index is -0.420. The van der Waals surface area contributed by atoms with Crippen LogP contribution >= 0.6 is 11.3 Å². The van der Waals surface area contributed by atoms with Gasteiger partial charge < -0.3 is 10.6 Å². The minimum absolute atomic E-state index is 0.112. The molecule has 1 unspecified atom stereocenters. The topological polar surface area (TPSA) is 61.4 Å². The van der Waals surface area contributed by atoms with Crippen molar-refractivity contribution in [1.82, 2.24) is 5.32 Å². The van der Waals surface area contributed by atoms with E-state index in [4.69, 9.17) is 0 Å². The van der Waals surface area contributed by atoms with Crippen LogP contribution in [-0.2, 0) is 4.79 Å². The maximum atomic E-state index is 13.7. The molecule has 2 aliphatic carbocycles. The van der Waals surface area contributed by atoms with E-state index in [1.54, 1.807) is 11.3 Å². The van der Waals surface area contributed by atoms with Crippen LogP contribution in [0.3, 0.4) is 0 Å². The van der Waals surface area contributed by atoms with Gasteiger partial charge in [-0.25, -0.2) is 4.79 Å². The van der Waals surface area contributed by atoms with E-state index in [1.807, 2.05) is 46.7 Å². The quantitative estimate of drug-likeness (QED) is 0.607. The lowest BCUT2D eigenvalue weighted by Gasteiger charge is -2.36. The molecule has 5 nitrogen and oxygen atoms in total. The summed E-state index contributed by atoms with van der Waals surface area (Å²) in [4.78, 5) is 30.1. The van der Waals surface area contributed by atoms with Crippen LogP contribution in [0.1, 0.15) is 63.3 Å². The third-order valence-electron chi connectivity index (χ3n) is 6.61. The number of hydrogen-bond donors (Lipinski definition) is 2. The van der Waals surface area contributed by atoms with Gasteiger partial charge in [0.2, 0.25) is 0 Å². The second-order valence-electron chi connectivity index (χ2n) is 9.69. The van der Waals surface area contributed by atoms with Gasteiger partial charge >= 0.3 is 6.03 Å².